The maximum Gasteiger partial charge on any atom is 0.416 e. The quantitative estimate of drug-likeness (QED) is 0.632. The van der Waals surface area contributed by atoms with Gasteiger partial charge in [-0.3, -0.25) is 9.59 Å². The van der Waals surface area contributed by atoms with Crippen LogP contribution in [-0.2, 0) is 11.0 Å². The summed E-state index contributed by atoms with van der Waals surface area (Å²) in [4.78, 5) is 28.0. The van der Waals surface area contributed by atoms with Crippen LogP contribution in [0.15, 0.2) is 36.5 Å². The molecule has 1 heterocycles. The first-order valence-electron chi connectivity index (χ1n) is 9.05. The highest BCUT2D eigenvalue weighted by molar-refractivity contribution is 5.96. The van der Waals surface area contributed by atoms with Crippen molar-refractivity contribution in [2.45, 2.75) is 20.0 Å². The van der Waals surface area contributed by atoms with Crippen LogP contribution in [0.25, 0.3) is 0 Å². The van der Waals surface area contributed by atoms with E-state index >= 15 is 0 Å². The molecule has 162 valence electrons. The number of aromatic nitrogens is 1. The summed E-state index contributed by atoms with van der Waals surface area (Å²) in [5.74, 6) is -0.548. The number of pyridine rings is 1. The lowest BCUT2D eigenvalue weighted by Gasteiger charge is -2.14. The van der Waals surface area contributed by atoms with E-state index in [-0.39, 0.29) is 47.9 Å². The van der Waals surface area contributed by atoms with Gasteiger partial charge in [-0.05, 0) is 30.3 Å². The molecule has 30 heavy (non-hydrogen) atoms. The van der Waals surface area contributed by atoms with Crippen LogP contribution >= 0.6 is 0 Å². The molecule has 2 amide bonds. The molecule has 1 aromatic carbocycles. The van der Waals surface area contributed by atoms with E-state index in [1.54, 1.807) is 13.8 Å². The number of nitrogens with zero attached hydrogens (tertiary/aromatic N) is 1. The fourth-order valence-electron chi connectivity index (χ4n) is 2.30. The van der Waals surface area contributed by atoms with Gasteiger partial charge in [0.15, 0.2) is 11.5 Å². The van der Waals surface area contributed by atoms with Crippen LogP contribution in [0.1, 0.15) is 29.8 Å². The van der Waals surface area contributed by atoms with Gasteiger partial charge in [-0.1, -0.05) is 13.8 Å². The molecule has 7 nitrogen and oxygen atoms in total. The van der Waals surface area contributed by atoms with Crippen LogP contribution < -0.4 is 20.1 Å². The van der Waals surface area contributed by atoms with Crippen LogP contribution in [-0.4, -0.2) is 37.1 Å². The molecule has 0 aliphatic rings. The summed E-state index contributed by atoms with van der Waals surface area (Å²) in [6.07, 6.45) is -3.09. The second-order valence-corrected chi connectivity index (χ2v) is 6.54. The number of ether oxygens (including phenoxy) is 2. The van der Waals surface area contributed by atoms with Gasteiger partial charge >= 0.3 is 6.18 Å². The molecule has 10 heteroatoms. The molecule has 2 aromatic rings. The smallest absolute Gasteiger partial charge is 0.416 e. The number of amides is 2. The first kappa shape index (κ1) is 23.0. The number of alkyl halides is 3. The third-order valence-electron chi connectivity index (χ3n) is 3.93. The van der Waals surface area contributed by atoms with E-state index in [1.165, 1.54) is 25.4 Å². The molecule has 0 spiro atoms. The van der Waals surface area contributed by atoms with Crippen LogP contribution in [0.5, 0.6) is 11.5 Å². The molecule has 0 unspecified atom stereocenters. The van der Waals surface area contributed by atoms with Crippen molar-refractivity contribution in [2.24, 2.45) is 5.92 Å². The summed E-state index contributed by atoms with van der Waals surface area (Å²) >= 11 is 0. The van der Waals surface area contributed by atoms with Gasteiger partial charge in [0.2, 0.25) is 5.91 Å². The first-order valence-corrected chi connectivity index (χ1v) is 9.05. The van der Waals surface area contributed by atoms with E-state index in [1.807, 2.05) is 0 Å². The minimum absolute atomic E-state index is 0.00942. The molecule has 0 atom stereocenters. The molecule has 0 fully saturated rings. The van der Waals surface area contributed by atoms with Crippen molar-refractivity contribution in [2.75, 3.05) is 25.6 Å². The normalized spacial score (nSPS) is 11.2. The number of hydrogen-bond donors (Lipinski definition) is 2. The van der Waals surface area contributed by atoms with Crippen molar-refractivity contribution in [1.29, 1.82) is 0 Å². The average Bonchev–Trinajstić information content (AvgIpc) is 2.70. The molecule has 2 rings (SSSR count). The van der Waals surface area contributed by atoms with E-state index in [0.717, 1.165) is 18.2 Å². The van der Waals surface area contributed by atoms with Crippen LogP contribution in [0.4, 0.5) is 19.0 Å². The van der Waals surface area contributed by atoms with Gasteiger partial charge in [0.05, 0.1) is 19.2 Å². The van der Waals surface area contributed by atoms with E-state index in [9.17, 15) is 22.8 Å². The van der Waals surface area contributed by atoms with Gasteiger partial charge in [0.1, 0.15) is 12.4 Å². The van der Waals surface area contributed by atoms with Crippen molar-refractivity contribution in [3.8, 4) is 11.5 Å². The monoisotopic (exact) mass is 425 g/mol. The standard InChI is InChI=1S/C20H22F3N3O4/c1-12(2)18(27)26-17-10-13(6-7-24-17)19(28)25-8-9-30-15-5-4-14(20(21,22)23)11-16(15)29-3/h4-7,10-12H,8-9H2,1-3H3,(H,25,28)(H,24,26,27). The molecule has 0 radical (unpaired) electrons. The number of halogens is 3. The maximum atomic E-state index is 12.8. The highest BCUT2D eigenvalue weighted by atomic mass is 19.4. The van der Waals surface area contributed by atoms with E-state index < -0.39 is 17.6 Å². The highest BCUT2D eigenvalue weighted by Crippen LogP contribution is 2.36. The Hall–Kier alpha value is -3.30. The zero-order valence-corrected chi connectivity index (χ0v) is 16.7. The Morgan fingerprint density at radius 3 is 2.50 bits per heavy atom. The van der Waals surface area contributed by atoms with Crippen molar-refractivity contribution >= 4 is 17.6 Å². The zero-order chi connectivity index (χ0) is 22.3. The second kappa shape index (κ2) is 9.95. The lowest BCUT2D eigenvalue weighted by Crippen LogP contribution is -2.28. The number of hydrogen-bond acceptors (Lipinski definition) is 5. The summed E-state index contributed by atoms with van der Waals surface area (Å²) < 4.78 is 48.6. The molecule has 0 saturated carbocycles. The van der Waals surface area contributed by atoms with Crippen LogP contribution in [0.3, 0.4) is 0 Å². The van der Waals surface area contributed by atoms with Gasteiger partial charge in [-0.25, -0.2) is 4.98 Å². The third kappa shape index (κ3) is 6.36. The molecule has 0 saturated heterocycles. The zero-order valence-electron chi connectivity index (χ0n) is 16.7. The second-order valence-electron chi connectivity index (χ2n) is 6.54. The van der Waals surface area contributed by atoms with Gasteiger partial charge < -0.3 is 20.1 Å². The van der Waals surface area contributed by atoms with Gasteiger partial charge in [-0.2, -0.15) is 13.2 Å². The van der Waals surface area contributed by atoms with E-state index in [2.05, 4.69) is 15.6 Å². The predicted octanol–water partition coefficient (Wildman–Crippen LogP) is 3.51. The van der Waals surface area contributed by atoms with Crippen molar-refractivity contribution in [1.82, 2.24) is 10.3 Å². The van der Waals surface area contributed by atoms with Crippen molar-refractivity contribution < 1.29 is 32.2 Å². The molecule has 0 aliphatic carbocycles. The molecule has 1 aromatic heterocycles. The minimum atomic E-state index is -4.49. The lowest BCUT2D eigenvalue weighted by molar-refractivity contribution is -0.137. The number of rotatable bonds is 8. The summed E-state index contributed by atoms with van der Waals surface area (Å²) in [7, 11) is 1.24. The molecular formula is C20H22F3N3O4. The molecular weight excluding hydrogens is 403 g/mol. The largest absolute Gasteiger partial charge is 0.493 e. The third-order valence-corrected chi connectivity index (χ3v) is 3.93. The lowest BCUT2D eigenvalue weighted by atomic mass is 10.2. The Balaban J connectivity index is 1.90. The number of carbonyl (C=O) groups excluding carboxylic acids is 2. The van der Waals surface area contributed by atoms with Crippen molar-refractivity contribution in [3.05, 3.63) is 47.7 Å². The minimum Gasteiger partial charge on any atom is -0.493 e. The fraction of sp³-hybridized carbons (Fsp3) is 0.350. The molecule has 2 N–H and O–H groups in total. The summed E-state index contributed by atoms with van der Waals surface area (Å²) in [6, 6.07) is 5.82. The summed E-state index contributed by atoms with van der Waals surface area (Å²) in [5, 5.41) is 5.22. The number of benzene rings is 1. The number of methoxy groups -OCH3 is 1. The summed E-state index contributed by atoms with van der Waals surface area (Å²) in [6.45, 7) is 3.57. The Morgan fingerprint density at radius 2 is 1.87 bits per heavy atom. The van der Waals surface area contributed by atoms with Gasteiger partial charge in [0.25, 0.3) is 5.91 Å². The average molecular weight is 425 g/mol. The highest BCUT2D eigenvalue weighted by Gasteiger charge is 2.31. The Bertz CT molecular complexity index is 901. The fourth-order valence-corrected chi connectivity index (χ4v) is 2.30. The van der Waals surface area contributed by atoms with Crippen LogP contribution in [0, 0.1) is 5.92 Å². The van der Waals surface area contributed by atoms with Gasteiger partial charge in [0, 0.05) is 17.7 Å². The Morgan fingerprint density at radius 1 is 1.13 bits per heavy atom. The molecule has 0 bridgehead atoms. The predicted molar refractivity (Wildman–Crippen MR) is 104 cm³/mol. The van der Waals surface area contributed by atoms with E-state index in [4.69, 9.17) is 9.47 Å². The maximum absolute atomic E-state index is 12.8. The Kier molecular flexibility index (Phi) is 7.62. The number of nitrogens with one attached hydrogen (secondary N) is 2. The first-order chi connectivity index (χ1) is 14.1. The SMILES string of the molecule is COc1cc(C(F)(F)F)ccc1OCCNC(=O)c1ccnc(NC(=O)C(C)C)c1. The van der Waals surface area contributed by atoms with Gasteiger partial charge in [-0.15, -0.1) is 0 Å². The van der Waals surface area contributed by atoms with E-state index in [0.29, 0.717) is 0 Å². The van der Waals surface area contributed by atoms with Crippen LogP contribution in [0.2, 0.25) is 0 Å². The van der Waals surface area contributed by atoms with Crippen molar-refractivity contribution in [3.63, 3.8) is 0 Å². The number of anilines is 1. The Labute approximate surface area is 171 Å². The molecule has 0 aliphatic heterocycles. The summed E-state index contributed by atoms with van der Waals surface area (Å²) in [5.41, 5.74) is -0.561. The topological polar surface area (TPSA) is 89.6 Å². The number of carbonyl (C=O) groups is 2.